The third-order valence-corrected chi connectivity index (χ3v) is 16.3. The predicted octanol–water partition coefficient (Wildman–Crippen LogP) is 15.3. The zero-order chi connectivity index (χ0) is 41.6. The van der Waals surface area contributed by atoms with E-state index in [1.807, 2.05) is 22.7 Å². The SMILES string of the molecule is CC(C)(C)c1ccc(N2B3c4cc5c(cc4-n4c6ccc7oc8ccccc8c7c6c6ccc(c3c64)-c3cc4sc6ccc(C(C)(C)C)cc6c4cc32)sc2ccccc25)cc1. The van der Waals surface area contributed by atoms with Crippen LogP contribution in [0.2, 0.25) is 0 Å². The minimum Gasteiger partial charge on any atom is -0.456 e. The minimum atomic E-state index is -0.0827. The third kappa shape index (κ3) is 4.56. The normalized spacial score (nSPS) is 13.9. The zero-order valence-corrected chi connectivity index (χ0v) is 37.1. The summed E-state index contributed by atoms with van der Waals surface area (Å²) in [7, 11) is 0. The summed E-state index contributed by atoms with van der Waals surface area (Å²) >= 11 is 3.82. The summed E-state index contributed by atoms with van der Waals surface area (Å²) in [5.74, 6) is 0. The number of furan rings is 1. The first-order chi connectivity index (χ1) is 30.0. The van der Waals surface area contributed by atoms with E-state index < -0.39 is 0 Å². The Balaban J connectivity index is 1.17. The summed E-state index contributed by atoms with van der Waals surface area (Å²) in [5, 5.41) is 10.2. The fourth-order valence-electron chi connectivity index (χ4n) is 11.1. The maximum absolute atomic E-state index is 6.57. The summed E-state index contributed by atoms with van der Waals surface area (Å²) < 4.78 is 14.5. The second kappa shape index (κ2) is 11.8. The summed E-state index contributed by atoms with van der Waals surface area (Å²) in [6.45, 7) is 13.8. The number of nitrogens with zero attached hydrogens (tertiary/aromatic N) is 2. The fourth-order valence-corrected chi connectivity index (χ4v) is 13.3. The highest BCUT2D eigenvalue weighted by molar-refractivity contribution is 7.26. The van der Waals surface area contributed by atoms with Crippen LogP contribution in [0, 0.1) is 0 Å². The molecule has 0 spiro atoms. The van der Waals surface area contributed by atoms with Crippen molar-refractivity contribution >= 4 is 136 Å². The van der Waals surface area contributed by atoms with Gasteiger partial charge in [0.15, 0.2) is 0 Å². The molecule has 3 nitrogen and oxygen atoms in total. The van der Waals surface area contributed by atoms with E-state index >= 15 is 0 Å². The average Bonchev–Trinajstić information content (AvgIpc) is 4.02. The van der Waals surface area contributed by atoms with E-state index in [2.05, 4.69) is 190 Å². The molecule has 14 rings (SSSR count). The molecule has 12 aromatic rings. The summed E-state index contributed by atoms with van der Waals surface area (Å²) in [4.78, 5) is 2.70. The monoisotopic (exact) mass is 832 g/mol. The molecule has 296 valence electrons. The van der Waals surface area contributed by atoms with Crippen LogP contribution in [0.1, 0.15) is 52.7 Å². The maximum Gasteiger partial charge on any atom is 0.333 e. The van der Waals surface area contributed by atoms with Gasteiger partial charge in [-0.1, -0.05) is 114 Å². The predicted molar refractivity (Wildman–Crippen MR) is 270 cm³/mol. The van der Waals surface area contributed by atoms with Gasteiger partial charge in [-0.2, -0.15) is 0 Å². The van der Waals surface area contributed by atoms with Gasteiger partial charge in [-0.15, -0.1) is 22.7 Å². The highest BCUT2D eigenvalue weighted by Gasteiger charge is 2.45. The topological polar surface area (TPSA) is 21.3 Å². The second-order valence-electron chi connectivity index (χ2n) is 19.7. The molecule has 0 saturated heterocycles. The van der Waals surface area contributed by atoms with Crippen LogP contribution in [-0.4, -0.2) is 11.4 Å². The first-order valence-electron chi connectivity index (χ1n) is 21.8. The molecule has 2 aliphatic heterocycles. The molecule has 0 fully saturated rings. The zero-order valence-electron chi connectivity index (χ0n) is 35.5. The van der Waals surface area contributed by atoms with Crippen LogP contribution in [0.5, 0.6) is 0 Å². The minimum absolute atomic E-state index is 0.0379. The van der Waals surface area contributed by atoms with Gasteiger partial charge >= 0.3 is 6.85 Å². The smallest absolute Gasteiger partial charge is 0.333 e. The number of hydrogen-bond donors (Lipinski definition) is 0. The third-order valence-electron chi connectivity index (χ3n) is 14.1. The fraction of sp³-hybridized carbons (Fsp3) is 0.143. The van der Waals surface area contributed by atoms with Crippen molar-refractivity contribution in [1.82, 2.24) is 4.57 Å². The van der Waals surface area contributed by atoms with Crippen molar-refractivity contribution in [2.24, 2.45) is 0 Å². The summed E-state index contributed by atoms with van der Waals surface area (Å²) in [5.41, 5.74) is 16.2. The van der Waals surface area contributed by atoms with E-state index in [0.717, 1.165) is 16.6 Å². The van der Waals surface area contributed by atoms with Gasteiger partial charge < -0.3 is 13.8 Å². The van der Waals surface area contributed by atoms with Crippen LogP contribution in [0.25, 0.3) is 101 Å². The van der Waals surface area contributed by atoms with E-state index in [-0.39, 0.29) is 17.7 Å². The molecule has 0 aliphatic carbocycles. The summed E-state index contributed by atoms with van der Waals surface area (Å²) in [6, 6.07) is 53.5. The molecule has 6 heterocycles. The van der Waals surface area contributed by atoms with Crippen molar-refractivity contribution in [3.8, 4) is 16.8 Å². The van der Waals surface area contributed by atoms with Crippen LogP contribution in [0.15, 0.2) is 144 Å². The van der Waals surface area contributed by atoms with Crippen molar-refractivity contribution < 1.29 is 4.42 Å². The van der Waals surface area contributed by atoms with Crippen molar-refractivity contribution in [1.29, 1.82) is 0 Å². The van der Waals surface area contributed by atoms with E-state index in [1.165, 1.54) is 118 Å². The first-order valence-corrected chi connectivity index (χ1v) is 23.4. The lowest BCUT2D eigenvalue weighted by Crippen LogP contribution is -2.60. The molecular weight excluding hydrogens is 792 g/mol. The Morgan fingerprint density at radius 1 is 0.484 bits per heavy atom. The van der Waals surface area contributed by atoms with Gasteiger partial charge in [0.1, 0.15) is 11.2 Å². The van der Waals surface area contributed by atoms with Crippen molar-refractivity contribution in [2.75, 3.05) is 4.81 Å². The Labute approximate surface area is 367 Å². The number of benzene rings is 8. The standard InChI is InChI=1S/C56H41BN2OS2/c1-55(2,3)30-15-18-32(19-16-30)59-43-27-40-38-25-31(56(4,5)6)17-24-48(38)62-49(40)28-37(43)34-20-21-36-51-42(22-23-46-52(51)35-12-7-9-13-45(35)60-46)58-44-29-50-39(33-11-8-10-14-47(33)61-50)26-41(44)57(59)53(34)54(36)58/h7-29H,1-6H3. The molecule has 62 heavy (non-hydrogen) atoms. The Kier molecular flexibility index (Phi) is 6.70. The van der Waals surface area contributed by atoms with E-state index in [4.69, 9.17) is 4.42 Å². The number of para-hydroxylation sites is 1. The Morgan fingerprint density at radius 2 is 1.18 bits per heavy atom. The molecule has 0 saturated carbocycles. The van der Waals surface area contributed by atoms with E-state index in [9.17, 15) is 0 Å². The van der Waals surface area contributed by atoms with Gasteiger partial charge in [-0.3, -0.25) is 0 Å². The largest absolute Gasteiger partial charge is 0.456 e. The number of aromatic nitrogens is 1. The van der Waals surface area contributed by atoms with Gasteiger partial charge in [0.05, 0.1) is 11.0 Å². The second-order valence-corrected chi connectivity index (χ2v) is 21.9. The van der Waals surface area contributed by atoms with Crippen LogP contribution < -0.4 is 15.7 Å². The molecule has 0 atom stereocenters. The van der Waals surface area contributed by atoms with Gasteiger partial charge in [0.25, 0.3) is 0 Å². The molecule has 0 bridgehead atoms. The van der Waals surface area contributed by atoms with Crippen LogP contribution in [0.4, 0.5) is 11.4 Å². The lowest BCUT2D eigenvalue weighted by molar-refractivity contribution is 0.590. The maximum atomic E-state index is 6.57. The molecular formula is C56H41BN2OS2. The van der Waals surface area contributed by atoms with E-state index in [1.54, 1.807) is 0 Å². The number of rotatable bonds is 1. The lowest BCUT2D eigenvalue weighted by atomic mass is 9.44. The van der Waals surface area contributed by atoms with Crippen molar-refractivity contribution in [3.05, 3.63) is 151 Å². The van der Waals surface area contributed by atoms with Gasteiger partial charge in [-0.25, -0.2) is 0 Å². The Bertz CT molecular complexity index is 3960. The average molecular weight is 833 g/mol. The molecule has 0 unspecified atom stereocenters. The molecule has 0 radical (unpaired) electrons. The lowest BCUT2D eigenvalue weighted by Gasteiger charge is -2.42. The number of anilines is 2. The quantitative estimate of drug-likeness (QED) is 0.154. The highest BCUT2D eigenvalue weighted by Crippen LogP contribution is 2.51. The molecule has 6 heteroatoms. The molecule has 8 aromatic carbocycles. The van der Waals surface area contributed by atoms with Crippen LogP contribution >= 0.6 is 22.7 Å². The van der Waals surface area contributed by atoms with Crippen molar-refractivity contribution in [3.63, 3.8) is 0 Å². The van der Waals surface area contributed by atoms with Gasteiger partial charge in [0, 0.05) is 84.5 Å². The molecule has 0 N–H and O–H groups in total. The highest BCUT2D eigenvalue weighted by atomic mass is 32.1. The Hall–Kier alpha value is -6.34. The summed E-state index contributed by atoms with van der Waals surface area (Å²) in [6.07, 6.45) is 0. The number of fused-ring (bicyclic) bond motifs is 18. The Morgan fingerprint density at radius 3 is 1.98 bits per heavy atom. The molecule has 0 amide bonds. The first kappa shape index (κ1) is 35.3. The molecule has 2 aliphatic rings. The number of thiophene rings is 2. The number of hydrogen-bond acceptors (Lipinski definition) is 4. The van der Waals surface area contributed by atoms with Crippen LogP contribution in [-0.2, 0) is 10.8 Å². The van der Waals surface area contributed by atoms with Crippen molar-refractivity contribution in [2.45, 2.75) is 52.4 Å². The van der Waals surface area contributed by atoms with E-state index in [0.29, 0.717) is 0 Å². The van der Waals surface area contributed by atoms with Crippen LogP contribution in [0.3, 0.4) is 0 Å². The van der Waals surface area contributed by atoms with Gasteiger partial charge in [0.2, 0.25) is 0 Å². The molecule has 4 aromatic heterocycles. The van der Waals surface area contributed by atoms with Gasteiger partial charge in [-0.05, 0) is 105 Å².